The van der Waals surface area contributed by atoms with E-state index < -0.39 is 147 Å². The number of hydrogen-bond acceptors (Lipinski definition) is 18. The smallest absolute Gasteiger partial charge is 0.407 e. The molecular weight excluding hydrogens is 1110 g/mol. The molecule has 3 heterocycles. The van der Waals surface area contributed by atoms with Crippen LogP contribution in [0.15, 0.2) is 148 Å². The molecular formula is C54H63FN4O18S3. The molecule has 1 aliphatic carbocycles. The molecule has 5 aromatic carbocycles. The molecule has 3 saturated heterocycles. The first kappa shape index (κ1) is 59.3. The fourth-order valence-corrected chi connectivity index (χ4v) is 13.6. The molecule has 1 unspecified atom stereocenters. The van der Waals surface area contributed by atoms with Crippen LogP contribution in [0.3, 0.4) is 0 Å². The lowest BCUT2D eigenvalue weighted by molar-refractivity contribution is -0.359. The Bertz CT molecular complexity index is 3230. The van der Waals surface area contributed by atoms with Crippen molar-refractivity contribution in [2.24, 2.45) is 0 Å². The predicted molar refractivity (Wildman–Crippen MR) is 281 cm³/mol. The van der Waals surface area contributed by atoms with E-state index in [9.17, 15) is 50.5 Å². The SMILES string of the molecule is Cc1ccc(S(=O)(=O)N[C@@H]2[C@@H](O)[C@@H](O[C@@H]3[C@@H](O)[C@H](O[C@H]4O[C@H](CNC(=O)OCc5ccccc5)[C@@H](F)[C@H](O)[C@H]4O)[C@@H](NS(=O)(=O)c4ccc(C)cc4)C[C@H]3NS(=O)(=O)c3ccc(C)cc3)O[C@@H]3COC(c4ccccc4)O[C@@H]23)cc1. The summed E-state index contributed by atoms with van der Waals surface area (Å²) in [6.07, 6.45) is -26.1. The summed E-state index contributed by atoms with van der Waals surface area (Å²) in [7, 11) is -13.7. The van der Waals surface area contributed by atoms with Crippen molar-refractivity contribution < 1.29 is 88.0 Å². The van der Waals surface area contributed by atoms with E-state index in [1.54, 1.807) is 93.6 Å². The monoisotopic (exact) mass is 1170 g/mol. The van der Waals surface area contributed by atoms with E-state index in [0.29, 0.717) is 22.3 Å². The number of carbonyl (C=O) groups is 1. The van der Waals surface area contributed by atoms with Crippen molar-refractivity contribution in [1.82, 2.24) is 19.5 Å². The number of rotatable bonds is 18. The summed E-state index contributed by atoms with van der Waals surface area (Å²) in [5, 5.41) is 49.9. The number of sulfonamides is 3. The van der Waals surface area contributed by atoms with Gasteiger partial charge in [0.1, 0.15) is 61.5 Å². The van der Waals surface area contributed by atoms with E-state index in [2.05, 4.69) is 19.5 Å². The zero-order valence-corrected chi connectivity index (χ0v) is 45.8. The molecule has 80 heavy (non-hydrogen) atoms. The molecule has 4 fully saturated rings. The average Bonchev–Trinajstić information content (AvgIpc) is 3.44. The fraction of sp³-hybridized carbons (Fsp3) is 0.426. The number of nitrogens with one attached hydrogen (secondary N) is 4. The molecule has 5 aromatic rings. The predicted octanol–water partition coefficient (Wildman–Crippen LogP) is 2.40. The first-order valence-electron chi connectivity index (χ1n) is 25.6. The maximum atomic E-state index is 15.8. The molecule has 22 nitrogen and oxygen atoms in total. The third kappa shape index (κ3) is 13.7. The zero-order chi connectivity index (χ0) is 57.1. The number of alkyl halides is 1. The highest BCUT2D eigenvalue weighted by molar-refractivity contribution is 7.90. The van der Waals surface area contributed by atoms with Gasteiger partial charge in [-0.1, -0.05) is 114 Å². The van der Waals surface area contributed by atoms with E-state index in [-0.39, 0.29) is 27.9 Å². The van der Waals surface area contributed by atoms with E-state index in [0.717, 1.165) is 5.56 Å². The Balaban J connectivity index is 1.06. The minimum Gasteiger partial charge on any atom is -0.445 e. The van der Waals surface area contributed by atoms with Gasteiger partial charge in [0.05, 0.1) is 46.0 Å². The largest absolute Gasteiger partial charge is 0.445 e. The molecule has 1 saturated carbocycles. The van der Waals surface area contributed by atoms with E-state index in [1.165, 1.54) is 60.7 Å². The summed E-state index contributed by atoms with van der Waals surface area (Å²) in [5.74, 6) is 0. The van der Waals surface area contributed by atoms with Gasteiger partial charge in [0.2, 0.25) is 30.1 Å². The van der Waals surface area contributed by atoms with Gasteiger partial charge >= 0.3 is 6.09 Å². The Morgan fingerprint density at radius 3 is 1.57 bits per heavy atom. The first-order valence-corrected chi connectivity index (χ1v) is 30.0. The van der Waals surface area contributed by atoms with Gasteiger partial charge in [-0.3, -0.25) is 0 Å². The molecule has 16 atom stereocenters. The maximum absolute atomic E-state index is 15.8. The summed E-state index contributed by atoms with van der Waals surface area (Å²) in [6, 6.07) is 29.5. The van der Waals surface area contributed by atoms with Gasteiger partial charge in [0, 0.05) is 5.56 Å². The molecule has 4 aliphatic rings. The lowest BCUT2D eigenvalue weighted by Gasteiger charge is -2.51. The second-order valence-corrected chi connectivity index (χ2v) is 25.2. The average molecular weight is 1170 g/mol. The second kappa shape index (κ2) is 25.0. The number of halogens is 1. The van der Waals surface area contributed by atoms with Gasteiger partial charge in [-0.15, -0.1) is 0 Å². The molecule has 8 N–H and O–H groups in total. The highest BCUT2D eigenvalue weighted by atomic mass is 32.2. The zero-order valence-electron chi connectivity index (χ0n) is 43.4. The highest BCUT2D eigenvalue weighted by Gasteiger charge is 2.56. The molecule has 0 spiro atoms. The molecule has 432 valence electrons. The molecule has 3 aliphatic heterocycles. The molecule has 0 radical (unpaired) electrons. The number of aryl methyl sites for hydroxylation is 3. The lowest BCUT2D eigenvalue weighted by atomic mass is 9.84. The summed E-state index contributed by atoms with van der Waals surface area (Å²) < 4.78 is 151. The van der Waals surface area contributed by atoms with Crippen LogP contribution in [0.4, 0.5) is 9.18 Å². The third-order valence-electron chi connectivity index (χ3n) is 14.2. The standard InChI is InChI=1S/C54H63FN4O18S3/c1-30-14-20-35(21-15-30)78(65,66)57-38-26-39(58-79(67,68)36-22-16-31(2)17-23-36)49(76-53-46(62)44(60)42(55)40(73-53)27-56-54(64)72-28-33-10-6-4-7-11-33)47(63)48(38)75-52-45(61)43(59-80(69,70)37-24-18-32(3)19-25-37)50-41(74-52)29-71-51(77-50)34-12-8-5-9-13-34/h4-25,38-53,57-63H,26-29H2,1-3H3,(H,56,64)/t38-,39+,40-,41-,42-,43-,44+,45-,46-,47-,48+,49-,50-,51?,52-,53-/m1/s1. The minimum absolute atomic E-state index is 0.153. The van der Waals surface area contributed by atoms with E-state index in [4.69, 9.17) is 33.2 Å². The second-order valence-electron chi connectivity index (χ2n) is 20.1. The van der Waals surface area contributed by atoms with Crippen LogP contribution in [-0.2, 0) is 69.8 Å². The number of ether oxygens (including phenoxy) is 7. The Kier molecular flexibility index (Phi) is 18.5. The van der Waals surface area contributed by atoms with Crippen molar-refractivity contribution >= 4 is 36.2 Å². The Morgan fingerprint density at radius 1 is 0.588 bits per heavy atom. The van der Waals surface area contributed by atoms with Gasteiger partial charge in [-0.2, -0.15) is 0 Å². The first-order chi connectivity index (χ1) is 38.1. The Morgan fingerprint density at radius 2 is 1.06 bits per heavy atom. The molecule has 0 aromatic heterocycles. The third-order valence-corrected chi connectivity index (χ3v) is 18.7. The minimum atomic E-state index is -4.62. The van der Waals surface area contributed by atoms with Crippen LogP contribution in [0.25, 0.3) is 0 Å². The van der Waals surface area contributed by atoms with Gasteiger partial charge in [-0.05, 0) is 69.2 Å². The number of alkyl carbamates (subject to hydrolysis) is 1. The summed E-state index contributed by atoms with van der Waals surface area (Å²) >= 11 is 0. The van der Waals surface area contributed by atoms with Crippen molar-refractivity contribution in [3.05, 3.63) is 161 Å². The van der Waals surface area contributed by atoms with Gasteiger partial charge < -0.3 is 58.9 Å². The number of amides is 1. The van der Waals surface area contributed by atoms with Crippen molar-refractivity contribution in [2.75, 3.05) is 13.2 Å². The number of hydrogen-bond donors (Lipinski definition) is 8. The van der Waals surface area contributed by atoms with Crippen molar-refractivity contribution in [3.63, 3.8) is 0 Å². The molecule has 1 amide bonds. The topological polar surface area (TPSA) is 313 Å². The van der Waals surface area contributed by atoms with Gasteiger partial charge in [0.25, 0.3) is 0 Å². The van der Waals surface area contributed by atoms with Crippen LogP contribution in [0.2, 0.25) is 0 Å². The van der Waals surface area contributed by atoms with Crippen molar-refractivity contribution in [2.45, 2.75) is 147 Å². The molecule has 0 bridgehead atoms. The molecule has 26 heteroatoms. The van der Waals surface area contributed by atoms with Gasteiger partial charge in [0.15, 0.2) is 25.0 Å². The molecule has 9 rings (SSSR count). The fourth-order valence-electron chi connectivity index (χ4n) is 9.79. The number of fused-ring (bicyclic) bond motifs is 1. The Hall–Kier alpha value is -5.37. The normalized spacial score (nSPS) is 31.1. The number of benzene rings is 5. The van der Waals surface area contributed by atoms with Crippen LogP contribution >= 0.6 is 0 Å². The van der Waals surface area contributed by atoms with Crippen LogP contribution in [0.5, 0.6) is 0 Å². The summed E-state index contributed by atoms with van der Waals surface area (Å²) in [6.45, 7) is 4.13. The van der Waals surface area contributed by atoms with Crippen LogP contribution in [0, 0.1) is 20.8 Å². The number of carbonyl (C=O) groups excluding carboxylic acids is 1. The van der Waals surface area contributed by atoms with Crippen molar-refractivity contribution in [1.29, 1.82) is 0 Å². The van der Waals surface area contributed by atoms with Crippen LogP contribution in [-0.4, -0.2) is 157 Å². The van der Waals surface area contributed by atoms with Crippen molar-refractivity contribution in [3.8, 4) is 0 Å². The number of aliphatic hydroxyl groups excluding tert-OH is 4. The van der Waals surface area contributed by atoms with E-state index in [1.807, 2.05) is 0 Å². The van der Waals surface area contributed by atoms with E-state index >= 15 is 4.39 Å². The van der Waals surface area contributed by atoms with Crippen LogP contribution < -0.4 is 19.5 Å². The summed E-state index contributed by atoms with van der Waals surface area (Å²) in [5.41, 5.74) is 3.37. The van der Waals surface area contributed by atoms with Crippen LogP contribution in [0.1, 0.15) is 40.5 Å². The summed E-state index contributed by atoms with van der Waals surface area (Å²) in [4.78, 5) is 12.1. The highest BCUT2D eigenvalue weighted by Crippen LogP contribution is 2.38. The quantitative estimate of drug-likeness (QED) is 0.0625. The Labute approximate surface area is 462 Å². The number of aliphatic hydroxyl groups is 4. The van der Waals surface area contributed by atoms with Gasteiger partial charge in [-0.25, -0.2) is 48.6 Å². The lowest BCUT2D eigenvalue weighted by Crippen LogP contribution is -2.71. The maximum Gasteiger partial charge on any atom is 0.407 e.